The van der Waals surface area contributed by atoms with E-state index in [1.165, 1.54) is 22.4 Å². The zero-order chi connectivity index (χ0) is 7.97. The molecule has 1 aromatic rings. The number of H-pyrrole nitrogens is 1. The molecule has 0 spiro atoms. The van der Waals surface area contributed by atoms with E-state index in [2.05, 4.69) is 35.4 Å². The molecule has 0 saturated heterocycles. The van der Waals surface area contributed by atoms with Gasteiger partial charge in [0.15, 0.2) is 0 Å². The van der Waals surface area contributed by atoms with E-state index in [0.717, 1.165) is 6.42 Å². The summed E-state index contributed by atoms with van der Waals surface area (Å²) in [7, 11) is 0. The van der Waals surface area contributed by atoms with Crippen LogP contribution in [0.2, 0.25) is 0 Å². The Balaban J connectivity index is 2.34. The molecule has 1 aromatic heterocycles. The van der Waals surface area contributed by atoms with Gasteiger partial charge >= 0.3 is 0 Å². The molecule has 1 N–H and O–H groups in total. The maximum Gasteiger partial charge on any atom is 0.0459 e. The Morgan fingerprint density at radius 2 is 2.33 bits per heavy atom. The fraction of sp³-hybridized carbons (Fsp3) is 0.0909. The second-order valence-electron chi connectivity index (χ2n) is 3.25. The number of fused-ring (bicyclic) bond motifs is 4. The molecule has 2 bridgehead atoms. The van der Waals surface area contributed by atoms with Crippen LogP contribution in [0.1, 0.15) is 17.7 Å². The van der Waals surface area contributed by atoms with Gasteiger partial charge in [-0.25, -0.2) is 0 Å². The lowest BCUT2D eigenvalue weighted by Crippen LogP contribution is -1.97. The highest BCUT2D eigenvalue weighted by molar-refractivity contribution is 5.83. The second-order valence-corrected chi connectivity index (χ2v) is 3.25. The standard InChI is InChI=1S/C11H9N/c1-2-8-6-9(3-1)10-4-5-12-11(10)7-8/h1-5,7,12H,6H2. The van der Waals surface area contributed by atoms with Gasteiger partial charge in [0, 0.05) is 17.5 Å². The molecule has 2 aliphatic rings. The zero-order valence-electron chi connectivity index (χ0n) is 6.67. The minimum atomic E-state index is 1.10. The first-order chi connectivity index (χ1) is 5.93. The normalized spacial score (nSPS) is 18.3. The lowest BCUT2D eigenvalue weighted by molar-refractivity contribution is 1.24. The van der Waals surface area contributed by atoms with Crippen LogP contribution in [0.5, 0.6) is 0 Å². The monoisotopic (exact) mass is 155 g/mol. The summed E-state index contributed by atoms with van der Waals surface area (Å²) in [6, 6.07) is 2.15. The van der Waals surface area contributed by atoms with Crippen molar-refractivity contribution >= 4 is 11.6 Å². The smallest absolute Gasteiger partial charge is 0.0459 e. The van der Waals surface area contributed by atoms with Crippen LogP contribution < -0.4 is 0 Å². The summed E-state index contributed by atoms with van der Waals surface area (Å²) in [6.07, 6.45) is 11.8. The highest BCUT2D eigenvalue weighted by atomic mass is 14.7. The van der Waals surface area contributed by atoms with E-state index in [9.17, 15) is 0 Å². The molecule has 1 heteroatoms. The molecule has 3 rings (SSSR count). The Hall–Kier alpha value is -1.50. The zero-order valence-corrected chi connectivity index (χ0v) is 6.67. The van der Waals surface area contributed by atoms with Crippen LogP contribution in [0.25, 0.3) is 11.6 Å². The van der Waals surface area contributed by atoms with Crippen LogP contribution in [0.15, 0.2) is 36.1 Å². The number of hydrogen-bond donors (Lipinski definition) is 1. The summed E-state index contributed by atoms with van der Waals surface area (Å²) in [5.74, 6) is 0. The van der Waals surface area contributed by atoms with E-state index in [-0.39, 0.29) is 0 Å². The van der Waals surface area contributed by atoms with E-state index in [1.807, 2.05) is 6.20 Å². The van der Waals surface area contributed by atoms with Crippen molar-refractivity contribution in [2.45, 2.75) is 6.42 Å². The van der Waals surface area contributed by atoms with Gasteiger partial charge in [-0.3, -0.25) is 0 Å². The summed E-state index contributed by atoms with van der Waals surface area (Å²) in [5.41, 5.74) is 5.46. The van der Waals surface area contributed by atoms with Crippen molar-refractivity contribution in [3.05, 3.63) is 47.3 Å². The van der Waals surface area contributed by atoms with Gasteiger partial charge in [-0.15, -0.1) is 0 Å². The van der Waals surface area contributed by atoms with E-state index in [0.29, 0.717) is 0 Å². The van der Waals surface area contributed by atoms with Gasteiger partial charge in [-0.1, -0.05) is 18.2 Å². The van der Waals surface area contributed by atoms with E-state index < -0.39 is 0 Å². The summed E-state index contributed by atoms with van der Waals surface area (Å²) in [5, 5.41) is 0. The third-order valence-electron chi connectivity index (χ3n) is 2.46. The lowest BCUT2D eigenvalue weighted by atomic mass is 9.89. The number of hydrogen-bond acceptors (Lipinski definition) is 0. The van der Waals surface area contributed by atoms with Crippen LogP contribution in [-0.2, 0) is 0 Å². The van der Waals surface area contributed by atoms with Crippen LogP contribution >= 0.6 is 0 Å². The molecule has 0 aliphatic heterocycles. The minimum Gasteiger partial charge on any atom is -0.361 e. The molecular formula is C11H9N. The molecule has 1 nitrogen and oxygen atoms in total. The number of nitrogens with one attached hydrogen (secondary N) is 1. The molecule has 2 aliphatic carbocycles. The third-order valence-corrected chi connectivity index (χ3v) is 2.46. The lowest BCUT2D eigenvalue weighted by Gasteiger charge is -2.16. The topological polar surface area (TPSA) is 15.8 Å². The van der Waals surface area contributed by atoms with Crippen molar-refractivity contribution in [2.75, 3.05) is 0 Å². The number of rotatable bonds is 0. The number of allylic oxidation sites excluding steroid dienone is 5. The Bertz CT molecular complexity index is 416. The predicted octanol–water partition coefficient (Wildman–Crippen LogP) is 2.76. The van der Waals surface area contributed by atoms with Crippen molar-refractivity contribution in [2.24, 2.45) is 0 Å². The Morgan fingerprint density at radius 3 is 3.33 bits per heavy atom. The average Bonchev–Trinajstić information content (AvgIpc) is 2.53. The summed E-state index contributed by atoms with van der Waals surface area (Å²) in [6.45, 7) is 0. The van der Waals surface area contributed by atoms with Gasteiger partial charge < -0.3 is 4.98 Å². The van der Waals surface area contributed by atoms with E-state index in [1.54, 1.807) is 0 Å². The fourth-order valence-electron chi connectivity index (χ4n) is 1.88. The molecule has 1 heterocycles. The van der Waals surface area contributed by atoms with E-state index in [4.69, 9.17) is 0 Å². The van der Waals surface area contributed by atoms with E-state index >= 15 is 0 Å². The maximum absolute atomic E-state index is 3.24. The first-order valence-electron chi connectivity index (χ1n) is 4.19. The van der Waals surface area contributed by atoms with Gasteiger partial charge in [0.25, 0.3) is 0 Å². The van der Waals surface area contributed by atoms with Crippen LogP contribution in [0.3, 0.4) is 0 Å². The average molecular weight is 155 g/mol. The van der Waals surface area contributed by atoms with Crippen molar-refractivity contribution in [1.29, 1.82) is 0 Å². The van der Waals surface area contributed by atoms with Gasteiger partial charge in [0.1, 0.15) is 0 Å². The van der Waals surface area contributed by atoms with Crippen molar-refractivity contribution < 1.29 is 0 Å². The largest absolute Gasteiger partial charge is 0.361 e. The minimum absolute atomic E-state index is 1.10. The molecular weight excluding hydrogens is 146 g/mol. The molecule has 0 aromatic carbocycles. The molecule has 0 saturated carbocycles. The summed E-state index contributed by atoms with van der Waals surface area (Å²) < 4.78 is 0. The van der Waals surface area contributed by atoms with Crippen LogP contribution in [0.4, 0.5) is 0 Å². The molecule has 0 amide bonds. The highest BCUT2D eigenvalue weighted by Crippen LogP contribution is 2.34. The van der Waals surface area contributed by atoms with Crippen LogP contribution in [0, 0.1) is 0 Å². The number of aromatic nitrogens is 1. The van der Waals surface area contributed by atoms with Crippen molar-refractivity contribution in [1.82, 2.24) is 4.98 Å². The van der Waals surface area contributed by atoms with Gasteiger partial charge in [-0.05, 0) is 29.7 Å². The molecule has 58 valence electrons. The molecule has 0 radical (unpaired) electrons. The fourth-order valence-corrected chi connectivity index (χ4v) is 1.88. The third kappa shape index (κ3) is 0.681. The Labute approximate surface area is 71.1 Å². The van der Waals surface area contributed by atoms with Crippen LogP contribution in [-0.4, -0.2) is 4.98 Å². The van der Waals surface area contributed by atoms with Gasteiger partial charge in [-0.2, -0.15) is 0 Å². The highest BCUT2D eigenvalue weighted by Gasteiger charge is 2.15. The maximum atomic E-state index is 3.24. The molecule has 0 fully saturated rings. The quantitative estimate of drug-likeness (QED) is 0.593. The van der Waals surface area contributed by atoms with Gasteiger partial charge in [0.2, 0.25) is 0 Å². The first-order valence-corrected chi connectivity index (χ1v) is 4.19. The predicted molar refractivity (Wildman–Crippen MR) is 50.5 cm³/mol. The van der Waals surface area contributed by atoms with Crippen molar-refractivity contribution in [3.8, 4) is 0 Å². The molecule has 12 heavy (non-hydrogen) atoms. The first kappa shape index (κ1) is 6.06. The van der Waals surface area contributed by atoms with Crippen molar-refractivity contribution in [3.63, 3.8) is 0 Å². The second kappa shape index (κ2) is 2.01. The molecule has 0 unspecified atom stereocenters. The Morgan fingerprint density at radius 1 is 1.33 bits per heavy atom. The SMILES string of the molecule is C1=CC2=Cc3[nH]ccc3C(=C1)C2. The summed E-state index contributed by atoms with van der Waals surface area (Å²) in [4.78, 5) is 3.24. The van der Waals surface area contributed by atoms with Gasteiger partial charge in [0.05, 0.1) is 0 Å². The Kier molecular flexibility index (Phi) is 1.01. The summed E-state index contributed by atoms with van der Waals surface area (Å²) >= 11 is 0. The molecule has 0 atom stereocenters. The number of aromatic amines is 1.